The van der Waals surface area contributed by atoms with Crippen LogP contribution < -0.4 is 0 Å². The first-order chi connectivity index (χ1) is 10.2. The Kier molecular flexibility index (Phi) is 5.76. The molecule has 0 fully saturated rings. The van der Waals surface area contributed by atoms with Crippen LogP contribution in [0.4, 0.5) is 61.5 Å². The molecule has 0 aliphatic carbocycles. The molecule has 0 amide bonds. The Hall–Kier alpha value is -1.06. The molecule has 0 aromatic carbocycles. The van der Waals surface area contributed by atoms with E-state index in [4.69, 9.17) is 5.11 Å². The largest absolute Gasteiger partial charge is 0.460 e. The number of aliphatic hydroxyl groups is 1. The first-order valence-corrected chi connectivity index (χ1v) is 4.96. The van der Waals surface area contributed by atoms with Crippen molar-refractivity contribution < 1.29 is 71.3 Å². The summed E-state index contributed by atoms with van der Waals surface area (Å²) in [5.74, 6) is -31.7. The summed E-state index contributed by atoms with van der Waals surface area (Å²) in [7, 11) is 0. The maximum Gasteiger partial charge on any atom is 0.460 e. The zero-order valence-electron chi connectivity index (χ0n) is 10.4. The van der Waals surface area contributed by atoms with Gasteiger partial charge in [-0.15, -0.1) is 0 Å². The van der Waals surface area contributed by atoms with Gasteiger partial charge in [-0.3, -0.25) is 4.74 Å². The van der Waals surface area contributed by atoms with Gasteiger partial charge in [0.1, 0.15) is 6.67 Å². The lowest BCUT2D eigenvalue weighted by Crippen LogP contribution is -2.70. The highest BCUT2D eigenvalue weighted by Gasteiger charge is 2.91. The summed E-state index contributed by atoms with van der Waals surface area (Å²) in [6, 6.07) is 0. The molecule has 0 spiro atoms. The highest BCUT2D eigenvalue weighted by Crippen LogP contribution is 2.60. The van der Waals surface area contributed by atoms with Crippen molar-refractivity contribution in [1.29, 1.82) is 0 Å². The minimum absolute atomic E-state index is 2.21. The molecule has 24 heavy (non-hydrogen) atoms. The van der Waals surface area contributed by atoms with Crippen LogP contribution in [-0.4, -0.2) is 47.8 Å². The number of ether oxygens (including phenoxy) is 1. The lowest BCUT2D eigenvalue weighted by atomic mass is 9.97. The fourth-order valence-corrected chi connectivity index (χ4v) is 0.994. The molecule has 2 nitrogen and oxygen atoms in total. The maximum atomic E-state index is 12.8. The molecule has 0 aromatic rings. The van der Waals surface area contributed by atoms with Crippen LogP contribution in [0.1, 0.15) is 0 Å². The zero-order valence-corrected chi connectivity index (χ0v) is 10.4. The van der Waals surface area contributed by atoms with E-state index in [-0.39, 0.29) is 0 Å². The molecule has 0 saturated carbocycles. The quantitative estimate of drug-likeness (QED) is 0.640. The molecule has 0 atom stereocenters. The van der Waals surface area contributed by atoms with Crippen molar-refractivity contribution in [2.24, 2.45) is 0 Å². The summed E-state index contributed by atoms with van der Waals surface area (Å²) < 4.78 is 176. The number of rotatable bonds is 7. The van der Waals surface area contributed by atoms with Gasteiger partial charge in [-0.05, 0) is 0 Å². The Morgan fingerprint density at radius 3 is 1.25 bits per heavy atom. The van der Waals surface area contributed by atoms with Gasteiger partial charge in [0, 0.05) is 0 Å². The average Bonchev–Trinajstić information content (AvgIpc) is 2.35. The van der Waals surface area contributed by atoms with Crippen LogP contribution in [0.15, 0.2) is 0 Å². The van der Waals surface area contributed by atoms with Gasteiger partial charge in [0.15, 0.2) is 0 Å². The number of alkyl halides is 14. The third-order valence-electron chi connectivity index (χ3n) is 2.26. The highest BCUT2D eigenvalue weighted by molar-refractivity contribution is 5.08. The van der Waals surface area contributed by atoms with Crippen LogP contribution in [0.3, 0.4) is 0 Å². The van der Waals surface area contributed by atoms with Gasteiger partial charge < -0.3 is 5.11 Å². The third kappa shape index (κ3) is 3.21. The molecule has 0 aromatic heterocycles. The van der Waals surface area contributed by atoms with Gasteiger partial charge in [-0.2, -0.15) is 57.1 Å². The summed E-state index contributed by atoms with van der Waals surface area (Å²) in [6.07, 6.45) is -17.3. The summed E-state index contributed by atoms with van der Waals surface area (Å²) in [5, 5.41) is 8.06. The lowest BCUT2D eigenvalue weighted by Gasteiger charge is -2.39. The van der Waals surface area contributed by atoms with Gasteiger partial charge in [-0.1, -0.05) is 0 Å². The van der Waals surface area contributed by atoms with Gasteiger partial charge in [0.05, 0.1) is 0 Å². The molecule has 1 N–H and O–H groups in total. The van der Waals surface area contributed by atoms with Gasteiger partial charge in [-0.25, -0.2) is 4.39 Å². The van der Waals surface area contributed by atoms with Gasteiger partial charge >= 0.3 is 36.0 Å². The first-order valence-electron chi connectivity index (χ1n) is 4.96. The van der Waals surface area contributed by atoms with E-state index in [0.29, 0.717) is 0 Å². The van der Waals surface area contributed by atoms with E-state index < -0.39 is 48.9 Å². The van der Waals surface area contributed by atoms with E-state index in [1.807, 2.05) is 0 Å². The molecule has 0 bridgehead atoms. The van der Waals surface area contributed by atoms with Crippen LogP contribution in [0, 0.1) is 6.29 Å². The number of hydrogen-bond donors (Lipinski definition) is 1. The van der Waals surface area contributed by atoms with Crippen molar-refractivity contribution in [3.63, 3.8) is 0 Å². The van der Waals surface area contributed by atoms with Crippen LogP contribution >= 0.6 is 0 Å². The number of halogens is 14. The summed E-state index contributed by atoms with van der Waals surface area (Å²) in [5.41, 5.74) is 0. The molecule has 0 saturated heterocycles. The normalized spacial score (nSPS) is 16.0. The Balaban J connectivity index is 6.11. The van der Waals surface area contributed by atoms with Crippen molar-refractivity contribution in [2.75, 3.05) is 6.67 Å². The van der Waals surface area contributed by atoms with E-state index in [1.165, 1.54) is 0 Å². The Labute approximate surface area is 122 Å². The average molecular weight is 397 g/mol. The second kappa shape index (κ2) is 6.03. The third-order valence-corrected chi connectivity index (χ3v) is 2.26. The molecule has 0 aliphatic heterocycles. The minimum Gasteiger partial charge on any atom is -0.359 e. The molecule has 0 unspecified atom stereocenters. The van der Waals surface area contributed by atoms with E-state index >= 15 is 0 Å². The molecule has 0 rings (SSSR count). The number of hydrogen-bond acceptors (Lipinski definition) is 2. The zero-order chi connectivity index (χ0) is 20.0. The monoisotopic (exact) mass is 397 g/mol. The van der Waals surface area contributed by atoms with Gasteiger partial charge in [0.25, 0.3) is 6.29 Å². The van der Waals surface area contributed by atoms with Crippen LogP contribution in [0.25, 0.3) is 0 Å². The predicted molar refractivity (Wildman–Crippen MR) is 43.0 cm³/mol. The number of aliphatic hydroxyl groups excluding tert-OH is 1. The Morgan fingerprint density at radius 2 is 0.958 bits per heavy atom. The topological polar surface area (TPSA) is 29.5 Å². The SMILES string of the molecule is O[C](CF)OC(F)(F)C(F)(F)C(F)(F)C(F)(F)C(F)(F)C(F)(F)F. The van der Waals surface area contributed by atoms with E-state index in [0.717, 1.165) is 0 Å². The smallest absolute Gasteiger partial charge is 0.359 e. The first kappa shape index (κ1) is 22.9. The van der Waals surface area contributed by atoms with Crippen LogP contribution in [0.5, 0.6) is 0 Å². The summed E-state index contributed by atoms with van der Waals surface area (Å²) >= 11 is 0. The van der Waals surface area contributed by atoms with E-state index in [2.05, 4.69) is 4.74 Å². The fourth-order valence-electron chi connectivity index (χ4n) is 0.994. The summed E-state index contributed by atoms with van der Waals surface area (Å²) in [6.45, 7) is -2.55. The van der Waals surface area contributed by atoms with Crippen molar-refractivity contribution in [2.45, 2.75) is 36.0 Å². The minimum atomic E-state index is -8.08. The molecular formula is C8H3F14O2. The predicted octanol–water partition coefficient (Wildman–Crippen LogP) is 4.53. The highest BCUT2D eigenvalue weighted by atomic mass is 19.4. The molecule has 0 aliphatic rings. The molecule has 1 radical (unpaired) electrons. The fraction of sp³-hybridized carbons (Fsp3) is 0.875. The van der Waals surface area contributed by atoms with Crippen molar-refractivity contribution in [1.82, 2.24) is 0 Å². The molecule has 145 valence electrons. The van der Waals surface area contributed by atoms with E-state index in [9.17, 15) is 61.5 Å². The van der Waals surface area contributed by atoms with Crippen LogP contribution in [0.2, 0.25) is 0 Å². The second-order valence-corrected chi connectivity index (χ2v) is 3.94. The standard InChI is InChI=1S/C8H3F14O2/c9-1-2(23)24-8(21,22)6(16,17)4(12,13)3(10,11)5(14,15)7(18,19)20/h23H,1H2. The molecule has 16 heteroatoms. The van der Waals surface area contributed by atoms with Crippen LogP contribution in [-0.2, 0) is 4.74 Å². The Bertz CT molecular complexity index is 441. The molecule has 0 heterocycles. The van der Waals surface area contributed by atoms with Gasteiger partial charge in [0.2, 0.25) is 0 Å². The van der Waals surface area contributed by atoms with Crippen molar-refractivity contribution in [3.05, 3.63) is 6.29 Å². The Morgan fingerprint density at radius 1 is 0.625 bits per heavy atom. The van der Waals surface area contributed by atoms with Crippen molar-refractivity contribution >= 4 is 0 Å². The second-order valence-electron chi connectivity index (χ2n) is 3.94. The lowest BCUT2D eigenvalue weighted by molar-refractivity contribution is -0.468. The molecular weight excluding hydrogens is 394 g/mol. The maximum absolute atomic E-state index is 12.8. The summed E-state index contributed by atoms with van der Waals surface area (Å²) in [4.78, 5) is 0. The van der Waals surface area contributed by atoms with E-state index in [1.54, 1.807) is 0 Å². The van der Waals surface area contributed by atoms with Crippen molar-refractivity contribution in [3.8, 4) is 0 Å².